The monoisotopic (exact) mass is 327 g/mol. The minimum Gasteiger partial charge on any atom is -0.326 e. The predicted octanol–water partition coefficient (Wildman–Crippen LogP) is 1.46. The first kappa shape index (κ1) is 13.5. The van der Waals surface area contributed by atoms with Gasteiger partial charge >= 0.3 is 0 Å². The number of hydrogen-bond acceptors (Lipinski definition) is 3. The van der Waals surface area contributed by atoms with Crippen molar-refractivity contribution >= 4 is 15.9 Å². The molecule has 0 aliphatic carbocycles. The number of nitrogens with two attached hydrogens (primary N) is 1. The first-order valence-electron chi connectivity index (χ1n) is 6.79. The van der Waals surface area contributed by atoms with Gasteiger partial charge in [0.15, 0.2) is 0 Å². The van der Waals surface area contributed by atoms with E-state index in [2.05, 4.69) is 25.7 Å². The lowest BCUT2D eigenvalue weighted by Crippen LogP contribution is -2.66. The van der Waals surface area contributed by atoms with Gasteiger partial charge in [-0.25, -0.2) is 4.39 Å². The molecule has 0 amide bonds. The molecular formula is C14H19BrFN3. The van der Waals surface area contributed by atoms with Crippen molar-refractivity contribution in [3.63, 3.8) is 0 Å². The molecule has 1 aromatic carbocycles. The van der Waals surface area contributed by atoms with Gasteiger partial charge in [0.05, 0.1) is 0 Å². The lowest BCUT2D eigenvalue weighted by Gasteiger charge is -2.49. The zero-order chi connectivity index (χ0) is 13.4. The maximum absolute atomic E-state index is 13.4. The standard InChI is InChI=1S/C14H19BrFN3/c15-11-5-10(6-12(16)8-11)7-13(17)14-9-18-1-3-19(14)4-2-18/h5-6,8,13-14H,1-4,7,9,17H2. The van der Waals surface area contributed by atoms with E-state index in [9.17, 15) is 4.39 Å². The summed E-state index contributed by atoms with van der Waals surface area (Å²) in [4.78, 5) is 4.96. The highest BCUT2D eigenvalue weighted by atomic mass is 79.9. The molecule has 1 aromatic rings. The number of rotatable bonds is 3. The van der Waals surface area contributed by atoms with Crippen molar-refractivity contribution in [3.8, 4) is 0 Å². The second kappa shape index (κ2) is 5.48. The fourth-order valence-electron chi connectivity index (χ4n) is 3.20. The third-order valence-corrected chi connectivity index (χ3v) is 4.67. The molecule has 0 saturated carbocycles. The van der Waals surface area contributed by atoms with E-state index in [0.717, 1.165) is 49.2 Å². The molecule has 3 fully saturated rings. The molecule has 3 nitrogen and oxygen atoms in total. The Morgan fingerprint density at radius 2 is 2.00 bits per heavy atom. The third kappa shape index (κ3) is 2.99. The van der Waals surface area contributed by atoms with Crippen LogP contribution in [0.25, 0.3) is 0 Å². The van der Waals surface area contributed by atoms with Crippen LogP contribution in [0.5, 0.6) is 0 Å². The van der Waals surface area contributed by atoms with Gasteiger partial charge in [0, 0.05) is 49.3 Å². The fourth-order valence-corrected chi connectivity index (χ4v) is 3.71. The van der Waals surface area contributed by atoms with E-state index < -0.39 is 0 Å². The molecule has 0 radical (unpaired) electrons. The van der Waals surface area contributed by atoms with Crippen LogP contribution in [-0.2, 0) is 6.42 Å². The Bertz CT molecular complexity index is 440. The van der Waals surface area contributed by atoms with Crippen molar-refractivity contribution in [2.75, 3.05) is 32.7 Å². The highest BCUT2D eigenvalue weighted by molar-refractivity contribution is 9.10. The predicted molar refractivity (Wildman–Crippen MR) is 77.6 cm³/mol. The molecule has 5 heteroatoms. The highest BCUT2D eigenvalue weighted by Gasteiger charge is 2.35. The van der Waals surface area contributed by atoms with Crippen molar-refractivity contribution in [2.24, 2.45) is 5.73 Å². The van der Waals surface area contributed by atoms with Crippen molar-refractivity contribution < 1.29 is 4.39 Å². The van der Waals surface area contributed by atoms with E-state index in [-0.39, 0.29) is 11.9 Å². The summed E-state index contributed by atoms with van der Waals surface area (Å²) >= 11 is 3.33. The second-order valence-electron chi connectivity index (χ2n) is 5.55. The molecule has 104 valence electrons. The number of fused-ring (bicyclic) bond motifs is 3. The van der Waals surface area contributed by atoms with Gasteiger partial charge in [0.1, 0.15) is 5.82 Å². The molecule has 2 atom stereocenters. The van der Waals surface area contributed by atoms with E-state index in [0.29, 0.717) is 6.04 Å². The SMILES string of the molecule is NC(Cc1cc(F)cc(Br)c1)C1CN2CCN1CC2. The Labute approximate surface area is 121 Å². The maximum atomic E-state index is 13.4. The normalized spacial score (nSPS) is 31.4. The summed E-state index contributed by atoms with van der Waals surface area (Å²) in [6, 6.07) is 5.50. The first-order valence-corrected chi connectivity index (χ1v) is 7.58. The number of piperazine rings is 3. The van der Waals surface area contributed by atoms with E-state index in [1.807, 2.05) is 6.07 Å². The summed E-state index contributed by atoms with van der Waals surface area (Å²) in [6.45, 7) is 5.61. The van der Waals surface area contributed by atoms with Crippen LogP contribution in [0.1, 0.15) is 5.56 Å². The van der Waals surface area contributed by atoms with Crippen molar-refractivity contribution in [2.45, 2.75) is 18.5 Å². The summed E-state index contributed by atoms with van der Waals surface area (Å²) in [7, 11) is 0. The lowest BCUT2D eigenvalue weighted by atomic mass is 9.95. The summed E-state index contributed by atoms with van der Waals surface area (Å²) in [5.74, 6) is -0.203. The zero-order valence-corrected chi connectivity index (χ0v) is 12.4. The molecule has 4 rings (SSSR count). The zero-order valence-electron chi connectivity index (χ0n) is 10.9. The topological polar surface area (TPSA) is 32.5 Å². The Hall–Kier alpha value is -0.490. The van der Waals surface area contributed by atoms with Gasteiger partial charge in [-0.3, -0.25) is 9.80 Å². The fraction of sp³-hybridized carbons (Fsp3) is 0.571. The van der Waals surface area contributed by atoms with Crippen LogP contribution in [0.15, 0.2) is 22.7 Å². The Morgan fingerprint density at radius 1 is 1.26 bits per heavy atom. The van der Waals surface area contributed by atoms with Crippen LogP contribution >= 0.6 is 15.9 Å². The second-order valence-corrected chi connectivity index (χ2v) is 6.47. The molecule has 2 N–H and O–H groups in total. The summed E-state index contributed by atoms with van der Waals surface area (Å²) < 4.78 is 14.2. The quantitative estimate of drug-likeness (QED) is 0.912. The minimum atomic E-state index is -0.203. The van der Waals surface area contributed by atoms with Crippen LogP contribution in [0.2, 0.25) is 0 Å². The number of halogens is 2. The van der Waals surface area contributed by atoms with Crippen molar-refractivity contribution in [3.05, 3.63) is 34.1 Å². The van der Waals surface area contributed by atoms with E-state index >= 15 is 0 Å². The van der Waals surface area contributed by atoms with Gasteiger partial charge in [-0.05, 0) is 30.2 Å². The molecule has 2 unspecified atom stereocenters. The molecule has 0 aromatic heterocycles. The van der Waals surface area contributed by atoms with Gasteiger partial charge in [-0.1, -0.05) is 15.9 Å². The summed E-state index contributed by atoms with van der Waals surface area (Å²) in [5, 5.41) is 0. The number of hydrogen-bond donors (Lipinski definition) is 1. The van der Waals surface area contributed by atoms with E-state index in [1.165, 1.54) is 6.07 Å². The molecule has 0 spiro atoms. The van der Waals surface area contributed by atoms with Crippen LogP contribution in [0.4, 0.5) is 4.39 Å². The van der Waals surface area contributed by atoms with Crippen LogP contribution in [-0.4, -0.2) is 54.6 Å². The van der Waals surface area contributed by atoms with Crippen LogP contribution in [0.3, 0.4) is 0 Å². The van der Waals surface area contributed by atoms with E-state index in [1.54, 1.807) is 6.07 Å². The highest BCUT2D eigenvalue weighted by Crippen LogP contribution is 2.21. The lowest BCUT2D eigenvalue weighted by molar-refractivity contribution is 0.00258. The molecule has 2 bridgehead atoms. The molecule has 3 heterocycles. The molecule has 3 aliphatic rings. The molecular weight excluding hydrogens is 309 g/mol. The Morgan fingerprint density at radius 3 is 2.58 bits per heavy atom. The summed E-state index contributed by atoms with van der Waals surface area (Å²) in [6.07, 6.45) is 0.728. The largest absolute Gasteiger partial charge is 0.326 e. The number of benzene rings is 1. The Kier molecular flexibility index (Phi) is 3.89. The van der Waals surface area contributed by atoms with Gasteiger partial charge in [0.25, 0.3) is 0 Å². The smallest absolute Gasteiger partial charge is 0.124 e. The van der Waals surface area contributed by atoms with Gasteiger partial charge in [0.2, 0.25) is 0 Å². The molecule has 3 aliphatic heterocycles. The average molecular weight is 328 g/mol. The maximum Gasteiger partial charge on any atom is 0.124 e. The minimum absolute atomic E-state index is 0.0665. The van der Waals surface area contributed by atoms with Crippen LogP contribution in [0, 0.1) is 5.82 Å². The van der Waals surface area contributed by atoms with Crippen LogP contribution < -0.4 is 5.73 Å². The number of nitrogens with zero attached hydrogens (tertiary/aromatic N) is 2. The molecule has 19 heavy (non-hydrogen) atoms. The van der Waals surface area contributed by atoms with Crippen molar-refractivity contribution in [1.82, 2.24) is 9.80 Å². The average Bonchev–Trinajstić information content (AvgIpc) is 2.38. The van der Waals surface area contributed by atoms with Crippen molar-refractivity contribution in [1.29, 1.82) is 0 Å². The van der Waals surface area contributed by atoms with Gasteiger partial charge in [-0.15, -0.1) is 0 Å². The molecule has 3 saturated heterocycles. The first-order chi connectivity index (χ1) is 9.11. The third-order valence-electron chi connectivity index (χ3n) is 4.21. The van der Waals surface area contributed by atoms with Gasteiger partial charge < -0.3 is 5.73 Å². The van der Waals surface area contributed by atoms with E-state index in [4.69, 9.17) is 5.73 Å². The summed E-state index contributed by atoms with van der Waals surface area (Å²) in [5.41, 5.74) is 7.33. The Balaban J connectivity index is 1.69. The van der Waals surface area contributed by atoms with Gasteiger partial charge in [-0.2, -0.15) is 0 Å².